The molecule has 0 aliphatic carbocycles. The fourth-order valence-corrected chi connectivity index (χ4v) is 2.22. The first-order valence-corrected chi connectivity index (χ1v) is 7.10. The second-order valence-corrected chi connectivity index (χ2v) is 5.46. The van der Waals surface area contributed by atoms with E-state index in [1.165, 1.54) is 0 Å². The second-order valence-electron chi connectivity index (χ2n) is 3.98. The molecule has 0 saturated carbocycles. The molecule has 10 heteroatoms. The Bertz CT molecular complexity index is 723. The summed E-state index contributed by atoms with van der Waals surface area (Å²) < 4.78 is 37.5. The van der Waals surface area contributed by atoms with Gasteiger partial charge in [0.2, 0.25) is 5.28 Å². The molecule has 0 unspecified atom stereocenters. The molecule has 1 amide bonds. The SMILES string of the molecule is O=C(Nc1ccc(C(F)(F)F)cc1)c1nc(Cl)nc(Cl)c1Br. The number of halogens is 6. The van der Waals surface area contributed by atoms with Crippen molar-refractivity contribution in [3.05, 3.63) is 50.4 Å². The summed E-state index contributed by atoms with van der Waals surface area (Å²) in [7, 11) is 0. The van der Waals surface area contributed by atoms with E-state index in [2.05, 4.69) is 31.2 Å². The minimum Gasteiger partial charge on any atom is -0.321 e. The summed E-state index contributed by atoms with van der Waals surface area (Å²) in [5, 5.41) is 2.10. The first kappa shape index (κ1) is 17.0. The monoisotopic (exact) mass is 413 g/mol. The molecule has 116 valence electrons. The number of rotatable bonds is 2. The van der Waals surface area contributed by atoms with E-state index in [9.17, 15) is 18.0 Å². The fraction of sp³-hybridized carbons (Fsp3) is 0.0833. The molecule has 1 heterocycles. The first-order chi connectivity index (χ1) is 10.2. The van der Waals surface area contributed by atoms with Crippen LogP contribution in [0, 0.1) is 0 Å². The highest BCUT2D eigenvalue weighted by atomic mass is 79.9. The van der Waals surface area contributed by atoms with E-state index in [1.807, 2.05) is 0 Å². The quantitative estimate of drug-likeness (QED) is 0.566. The number of nitrogens with one attached hydrogen (secondary N) is 1. The lowest BCUT2D eigenvalue weighted by Gasteiger charge is -2.09. The predicted molar refractivity (Wildman–Crippen MR) is 79.1 cm³/mol. The van der Waals surface area contributed by atoms with Crippen LogP contribution in [0.3, 0.4) is 0 Å². The number of hydrogen-bond donors (Lipinski definition) is 1. The normalized spacial score (nSPS) is 11.4. The number of amides is 1. The van der Waals surface area contributed by atoms with Crippen molar-refractivity contribution in [2.24, 2.45) is 0 Å². The molecule has 0 fully saturated rings. The summed E-state index contributed by atoms with van der Waals surface area (Å²) >= 11 is 14.4. The van der Waals surface area contributed by atoms with Crippen LogP contribution < -0.4 is 5.32 Å². The third-order valence-corrected chi connectivity index (χ3v) is 3.89. The number of alkyl halides is 3. The Morgan fingerprint density at radius 3 is 2.27 bits per heavy atom. The smallest absolute Gasteiger partial charge is 0.321 e. The third kappa shape index (κ3) is 3.88. The lowest BCUT2D eigenvalue weighted by atomic mass is 10.2. The van der Waals surface area contributed by atoms with E-state index in [1.54, 1.807) is 0 Å². The molecule has 0 saturated heterocycles. The maximum Gasteiger partial charge on any atom is 0.416 e. The Balaban J connectivity index is 2.23. The molecule has 0 aliphatic heterocycles. The van der Waals surface area contributed by atoms with Gasteiger partial charge >= 0.3 is 6.18 Å². The molecule has 22 heavy (non-hydrogen) atoms. The van der Waals surface area contributed by atoms with Gasteiger partial charge in [-0.3, -0.25) is 4.79 Å². The number of carbonyl (C=O) groups excluding carboxylic acids is 1. The molecule has 0 spiro atoms. The van der Waals surface area contributed by atoms with Crippen LogP contribution >= 0.6 is 39.1 Å². The Morgan fingerprint density at radius 1 is 1.14 bits per heavy atom. The van der Waals surface area contributed by atoms with Crippen LogP contribution in [0.4, 0.5) is 18.9 Å². The molecule has 1 aromatic carbocycles. The van der Waals surface area contributed by atoms with Crippen LogP contribution in [0.25, 0.3) is 0 Å². The Kier molecular flexibility index (Phi) is 4.93. The van der Waals surface area contributed by atoms with Crippen molar-refractivity contribution >= 4 is 50.7 Å². The van der Waals surface area contributed by atoms with E-state index < -0.39 is 17.6 Å². The molecule has 0 aliphatic rings. The van der Waals surface area contributed by atoms with Gasteiger partial charge in [0.1, 0.15) is 10.8 Å². The molecule has 1 N–H and O–H groups in total. The lowest BCUT2D eigenvalue weighted by Crippen LogP contribution is -2.15. The highest BCUT2D eigenvalue weighted by Crippen LogP contribution is 2.30. The molecule has 0 atom stereocenters. The highest BCUT2D eigenvalue weighted by Gasteiger charge is 2.30. The zero-order valence-corrected chi connectivity index (χ0v) is 13.5. The largest absolute Gasteiger partial charge is 0.416 e. The molecule has 0 radical (unpaired) electrons. The number of aromatic nitrogens is 2. The third-order valence-electron chi connectivity index (χ3n) is 2.47. The molecule has 2 aromatic rings. The maximum atomic E-state index is 12.4. The van der Waals surface area contributed by atoms with Gasteiger partial charge < -0.3 is 5.32 Å². The Morgan fingerprint density at radius 2 is 1.73 bits per heavy atom. The highest BCUT2D eigenvalue weighted by molar-refractivity contribution is 9.10. The number of nitrogens with zero attached hydrogens (tertiary/aromatic N) is 2. The fourth-order valence-electron chi connectivity index (χ4n) is 1.48. The van der Waals surface area contributed by atoms with Crippen molar-refractivity contribution in [3.8, 4) is 0 Å². The number of anilines is 1. The molecular formula is C12H5BrCl2F3N3O. The zero-order chi connectivity index (χ0) is 16.5. The van der Waals surface area contributed by atoms with E-state index >= 15 is 0 Å². The van der Waals surface area contributed by atoms with Crippen LogP contribution in [-0.4, -0.2) is 15.9 Å². The van der Waals surface area contributed by atoms with Crippen LogP contribution in [0.5, 0.6) is 0 Å². The Hall–Kier alpha value is -1.38. The van der Waals surface area contributed by atoms with E-state index in [-0.39, 0.29) is 26.3 Å². The number of carbonyl (C=O) groups is 1. The van der Waals surface area contributed by atoms with Crippen LogP contribution in [0.1, 0.15) is 16.1 Å². The molecule has 0 bridgehead atoms. The summed E-state index contributed by atoms with van der Waals surface area (Å²) in [4.78, 5) is 19.4. The van der Waals surface area contributed by atoms with Gasteiger partial charge in [-0.1, -0.05) is 11.6 Å². The number of hydrogen-bond acceptors (Lipinski definition) is 3. The van der Waals surface area contributed by atoms with Crippen molar-refractivity contribution in [2.75, 3.05) is 5.32 Å². The molecule has 1 aromatic heterocycles. The van der Waals surface area contributed by atoms with Gasteiger partial charge in [0.05, 0.1) is 10.0 Å². The second kappa shape index (κ2) is 6.39. The number of benzene rings is 1. The van der Waals surface area contributed by atoms with Crippen molar-refractivity contribution in [1.29, 1.82) is 0 Å². The standard InChI is InChI=1S/C12H5BrCl2F3N3O/c13-7-8(20-11(15)21-9(7)14)10(22)19-6-3-1-5(2-4-6)12(16,17)18/h1-4H,(H,19,22). The van der Waals surface area contributed by atoms with Gasteiger partial charge in [0.15, 0.2) is 0 Å². The van der Waals surface area contributed by atoms with Gasteiger partial charge in [0, 0.05) is 5.69 Å². The van der Waals surface area contributed by atoms with Gasteiger partial charge in [0.25, 0.3) is 5.91 Å². The van der Waals surface area contributed by atoms with Crippen molar-refractivity contribution in [3.63, 3.8) is 0 Å². The first-order valence-electron chi connectivity index (χ1n) is 5.55. The summed E-state index contributed by atoms with van der Waals surface area (Å²) in [5.74, 6) is -0.696. The summed E-state index contributed by atoms with van der Waals surface area (Å²) in [5.41, 5.74) is -0.791. The summed E-state index contributed by atoms with van der Waals surface area (Å²) in [6.07, 6.45) is -4.45. The molecule has 4 nitrogen and oxygen atoms in total. The van der Waals surface area contributed by atoms with Gasteiger partial charge in [-0.15, -0.1) is 0 Å². The van der Waals surface area contributed by atoms with Crippen molar-refractivity contribution in [1.82, 2.24) is 9.97 Å². The molecule has 2 rings (SSSR count). The average molecular weight is 415 g/mol. The van der Waals surface area contributed by atoms with E-state index in [0.717, 1.165) is 24.3 Å². The van der Waals surface area contributed by atoms with Gasteiger partial charge in [-0.05, 0) is 51.8 Å². The van der Waals surface area contributed by atoms with Crippen LogP contribution in [0.15, 0.2) is 28.7 Å². The van der Waals surface area contributed by atoms with Crippen molar-refractivity contribution < 1.29 is 18.0 Å². The maximum absolute atomic E-state index is 12.4. The van der Waals surface area contributed by atoms with Gasteiger partial charge in [-0.2, -0.15) is 13.2 Å². The van der Waals surface area contributed by atoms with Gasteiger partial charge in [-0.25, -0.2) is 9.97 Å². The minimum atomic E-state index is -4.45. The summed E-state index contributed by atoms with van der Waals surface area (Å²) in [6.45, 7) is 0. The molecular weight excluding hydrogens is 410 g/mol. The van der Waals surface area contributed by atoms with Crippen LogP contribution in [0.2, 0.25) is 10.4 Å². The Labute approximate surface area is 140 Å². The topological polar surface area (TPSA) is 54.9 Å². The zero-order valence-electron chi connectivity index (χ0n) is 10.4. The summed E-state index contributed by atoms with van der Waals surface area (Å²) in [6, 6.07) is 3.95. The van der Waals surface area contributed by atoms with E-state index in [0.29, 0.717) is 0 Å². The predicted octanol–water partition coefficient (Wildman–Crippen LogP) is 4.82. The lowest BCUT2D eigenvalue weighted by molar-refractivity contribution is -0.137. The van der Waals surface area contributed by atoms with Crippen molar-refractivity contribution in [2.45, 2.75) is 6.18 Å². The minimum absolute atomic E-state index is 0.0578. The average Bonchev–Trinajstić information content (AvgIpc) is 2.42. The van der Waals surface area contributed by atoms with Crippen LogP contribution in [-0.2, 0) is 6.18 Å². The van der Waals surface area contributed by atoms with E-state index in [4.69, 9.17) is 23.2 Å².